The molecular weight excluding hydrogens is 564 g/mol. The van der Waals surface area contributed by atoms with Crippen LogP contribution in [0, 0.1) is 10.1 Å². The molecule has 1 amide bonds. The Morgan fingerprint density at radius 2 is 1.67 bits per heavy atom. The average Bonchev–Trinajstić information content (AvgIpc) is 3.35. The molecule has 0 atom stereocenters. The number of hydrogen-bond donors (Lipinski definition) is 2. The van der Waals surface area contributed by atoms with E-state index >= 15 is 0 Å². The Kier molecular flexibility index (Phi) is 7.28. The standard InChI is InChI=1S/C29H19BrN4O5/c30-21-12-15-25(39-29(36)19-10-13-22(14-11-19)34(37)38)20(16-21)17-31-33-28(35)27-26(18-6-2-1-3-7-18)23-8-4-5-9-24(23)32-27/h1-17,32H,(H,33,35). The number of fused-ring (bicyclic) bond motifs is 1. The van der Waals surface area contributed by atoms with Crippen molar-refractivity contribution in [2.75, 3.05) is 0 Å². The minimum atomic E-state index is -0.698. The number of nitro benzene ring substituents is 1. The first kappa shape index (κ1) is 25.6. The Morgan fingerprint density at radius 3 is 2.41 bits per heavy atom. The summed E-state index contributed by atoms with van der Waals surface area (Å²) < 4.78 is 6.21. The molecule has 2 N–H and O–H groups in total. The van der Waals surface area contributed by atoms with E-state index in [4.69, 9.17) is 4.74 Å². The van der Waals surface area contributed by atoms with Gasteiger partial charge in [-0.05, 0) is 42.0 Å². The number of carbonyl (C=O) groups is 2. The van der Waals surface area contributed by atoms with Crippen LogP contribution in [0.4, 0.5) is 5.69 Å². The third-order valence-corrected chi connectivity index (χ3v) is 6.35. The van der Waals surface area contributed by atoms with E-state index in [0.29, 0.717) is 15.7 Å². The number of nitrogens with zero attached hydrogens (tertiary/aromatic N) is 2. The predicted molar refractivity (Wildman–Crippen MR) is 151 cm³/mol. The van der Waals surface area contributed by atoms with E-state index in [-0.39, 0.29) is 17.0 Å². The average molecular weight is 583 g/mol. The monoisotopic (exact) mass is 582 g/mol. The first-order valence-electron chi connectivity index (χ1n) is 11.7. The number of benzene rings is 4. The van der Waals surface area contributed by atoms with Crippen molar-refractivity contribution >= 4 is 50.6 Å². The molecular formula is C29H19BrN4O5. The molecule has 0 aliphatic carbocycles. The van der Waals surface area contributed by atoms with Crippen LogP contribution in [0.15, 0.2) is 107 Å². The van der Waals surface area contributed by atoms with Crippen LogP contribution in [0.5, 0.6) is 5.75 Å². The van der Waals surface area contributed by atoms with Gasteiger partial charge in [0, 0.05) is 38.6 Å². The third kappa shape index (κ3) is 5.60. The Morgan fingerprint density at radius 1 is 0.949 bits per heavy atom. The van der Waals surface area contributed by atoms with Gasteiger partial charge >= 0.3 is 5.97 Å². The molecule has 0 radical (unpaired) electrons. The number of nitro groups is 1. The SMILES string of the molecule is O=C(Oc1ccc(Br)cc1C=NNC(=O)c1[nH]c2ccccc2c1-c1ccccc1)c1ccc([N+](=O)[O-])cc1. The summed E-state index contributed by atoms with van der Waals surface area (Å²) >= 11 is 3.38. The van der Waals surface area contributed by atoms with E-state index in [9.17, 15) is 19.7 Å². The van der Waals surface area contributed by atoms with Crippen molar-refractivity contribution in [2.45, 2.75) is 0 Å². The van der Waals surface area contributed by atoms with Crippen LogP contribution in [0.1, 0.15) is 26.4 Å². The quantitative estimate of drug-likeness (QED) is 0.0745. The van der Waals surface area contributed by atoms with Crippen LogP contribution in [0.3, 0.4) is 0 Å². The Labute approximate surface area is 230 Å². The van der Waals surface area contributed by atoms with Crippen LogP contribution in [0.2, 0.25) is 0 Å². The van der Waals surface area contributed by atoms with Gasteiger partial charge in [-0.1, -0.05) is 64.5 Å². The molecule has 5 rings (SSSR count). The number of H-pyrrole nitrogens is 1. The van der Waals surface area contributed by atoms with Crippen LogP contribution in [0.25, 0.3) is 22.0 Å². The molecule has 0 bridgehead atoms. The summed E-state index contributed by atoms with van der Waals surface area (Å²) in [6, 6.07) is 27.2. The summed E-state index contributed by atoms with van der Waals surface area (Å²) in [6.07, 6.45) is 1.37. The first-order valence-corrected chi connectivity index (χ1v) is 12.5. The number of aromatic nitrogens is 1. The minimum Gasteiger partial charge on any atom is -0.422 e. The van der Waals surface area contributed by atoms with Crippen molar-refractivity contribution in [1.29, 1.82) is 0 Å². The zero-order valence-electron chi connectivity index (χ0n) is 20.1. The lowest BCUT2D eigenvalue weighted by atomic mass is 10.0. The number of amides is 1. The van der Waals surface area contributed by atoms with E-state index in [1.807, 2.05) is 54.6 Å². The van der Waals surface area contributed by atoms with Crippen molar-refractivity contribution in [3.8, 4) is 16.9 Å². The number of carbonyl (C=O) groups excluding carboxylic acids is 2. The molecule has 0 saturated heterocycles. The zero-order chi connectivity index (χ0) is 27.4. The van der Waals surface area contributed by atoms with Gasteiger partial charge in [-0.25, -0.2) is 10.2 Å². The highest BCUT2D eigenvalue weighted by Gasteiger charge is 2.19. The van der Waals surface area contributed by atoms with Crippen molar-refractivity contribution in [2.24, 2.45) is 5.10 Å². The summed E-state index contributed by atoms with van der Waals surface area (Å²) in [5.41, 5.74) is 5.80. The van der Waals surface area contributed by atoms with Crippen molar-refractivity contribution in [1.82, 2.24) is 10.4 Å². The van der Waals surface area contributed by atoms with Crippen molar-refractivity contribution < 1.29 is 19.2 Å². The molecule has 1 aromatic heterocycles. The second kappa shape index (κ2) is 11.1. The summed E-state index contributed by atoms with van der Waals surface area (Å²) in [5.74, 6) is -0.952. The summed E-state index contributed by atoms with van der Waals surface area (Å²) in [5, 5.41) is 15.9. The molecule has 0 fully saturated rings. The number of non-ortho nitro benzene ring substituents is 1. The molecule has 10 heteroatoms. The lowest BCUT2D eigenvalue weighted by Crippen LogP contribution is -2.19. The molecule has 192 valence electrons. The number of halogens is 1. The maximum Gasteiger partial charge on any atom is 0.343 e. The first-order chi connectivity index (χ1) is 18.9. The number of aromatic amines is 1. The fourth-order valence-corrected chi connectivity index (χ4v) is 4.40. The van der Waals surface area contributed by atoms with Gasteiger partial charge in [0.15, 0.2) is 0 Å². The number of ether oxygens (including phenoxy) is 1. The molecule has 0 saturated carbocycles. The Bertz CT molecular complexity index is 1730. The molecule has 0 spiro atoms. The van der Waals surface area contributed by atoms with Crippen LogP contribution < -0.4 is 10.2 Å². The molecule has 39 heavy (non-hydrogen) atoms. The van der Waals surface area contributed by atoms with Gasteiger partial charge in [0.05, 0.1) is 16.7 Å². The molecule has 9 nitrogen and oxygen atoms in total. The van der Waals surface area contributed by atoms with E-state index in [1.165, 1.54) is 30.5 Å². The highest BCUT2D eigenvalue weighted by atomic mass is 79.9. The van der Waals surface area contributed by atoms with Gasteiger partial charge in [0.1, 0.15) is 11.4 Å². The fourth-order valence-electron chi connectivity index (χ4n) is 4.02. The van der Waals surface area contributed by atoms with E-state index in [1.54, 1.807) is 18.2 Å². The van der Waals surface area contributed by atoms with E-state index < -0.39 is 16.8 Å². The number of nitrogens with one attached hydrogen (secondary N) is 2. The second-order valence-electron chi connectivity index (χ2n) is 8.36. The van der Waals surface area contributed by atoms with Crippen LogP contribution in [-0.2, 0) is 0 Å². The van der Waals surface area contributed by atoms with Crippen molar-refractivity contribution in [3.63, 3.8) is 0 Å². The largest absolute Gasteiger partial charge is 0.422 e. The van der Waals surface area contributed by atoms with Crippen LogP contribution in [-0.4, -0.2) is 28.0 Å². The van der Waals surface area contributed by atoms with E-state index in [2.05, 4.69) is 31.4 Å². The minimum absolute atomic E-state index is 0.135. The summed E-state index contributed by atoms with van der Waals surface area (Å²) in [7, 11) is 0. The van der Waals surface area contributed by atoms with Gasteiger partial charge in [-0.15, -0.1) is 0 Å². The predicted octanol–water partition coefficient (Wildman–Crippen LogP) is 6.49. The Hall–Kier alpha value is -5.09. The summed E-state index contributed by atoms with van der Waals surface area (Å²) in [6.45, 7) is 0. The topological polar surface area (TPSA) is 127 Å². The van der Waals surface area contributed by atoms with E-state index in [0.717, 1.165) is 22.0 Å². The number of para-hydroxylation sites is 1. The number of hydrogen-bond acceptors (Lipinski definition) is 6. The molecule has 0 aliphatic rings. The van der Waals surface area contributed by atoms with Gasteiger partial charge in [-0.2, -0.15) is 5.10 Å². The molecule has 1 heterocycles. The highest BCUT2D eigenvalue weighted by molar-refractivity contribution is 9.10. The molecule has 0 aliphatic heterocycles. The van der Waals surface area contributed by atoms with Gasteiger partial charge in [0.2, 0.25) is 0 Å². The summed E-state index contributed by atoms with van der Waals surface area (Å²) in [4.78, 5) is 39.3. The zero-order valence-corrected chi connectivity index (χ0v) is 21.7. The normalized spacial score (nSPS) is 11.0. The number of esters is 1. The fraction of sp³-hybridized carbons (Fsp3) is 0. The van der Waals surface area contributed by atoms with Gasteiger partial charge in [-0.3, -0.25) is 14.9 Å². The lowest BCUT2D eigenvalue weighted by Gasteiger charge is -2.08. The molecule has 5 aromatic rings. The lowest BCUT2D eigenvalue weighted by molar-refractivity contribution is -0.384. The number of rotatable bonds is 7. The third-order valence-electron chi connectivity index (χ3n) is 5.85. The molecule has 4 aromatic carbocycles. The maximum atomic E-state index is 13.2. The van der Waals surface area contributed by atoms with Crippen molar-refractivity contribution in [3.05, 3.63) is 128 Å². The Balaban J connectivity index is 1.37. The highest BCUT2D eigenvalue weighted by Crippen LogP contribution is 2.32. The van der Waals surface area contributed by atoms with Gasteiger partial charge in [0.25, 0.3) is 11.6 Å². The van der Waals surface area contributed by atoms with Crippen LogP contribution >= 0.6 is 15.9 Å². The smallest absolute Gasteiger partial charge is 0.343 e. The maximum absolute atomic E-state index is 13.2. The van der Waals surface area contributed by atoms with Gasteiger partial charge < -0.3 is 9.72 Å². The number of hydrazone groups is 1. The second-order valence-corrected chi connectivity index (χ2v) is 9.28. The molecule has 0 unspecified atom stereocenters.